The van der Waals surface area contributed by atoms with Crippen LogP contribution in [0.2, 0.25) is 0 Å². The monoisotopic (exact) mass is 1400 g/mol. The van der Waals surface area contributed by atoms with Crippen molar-refractivity contribution in [2.75, 3.05) is 0 Å². The normalized spacial score (nSPS) is 1.61. The summed E-state index contributed by atoms with van der Waals surface area (Å²) in [7, 11) is 0. The summed E-state index contributed by atoms with van der Waals surface area (Å²) in [6.07, 6.45) is 0. The molecule has 0 aromatic carbocycles. The van der Waals surface area contributed by atoms with Crippen molar-refractivity contribution in [1.82, 2.24) is 0 Å². The summed E-state index contributed by atoms with van der Waals surface area (Å²) < 4.78 is 0. The summed E-state index contributed by atoms with van der Waals surface area (Å²) in [5.74, 6) is 0. The molecule has 0 aliphatic heterocycles. The molecular formula is C10H40B9I9. The van der Waals surface area contributed by atoms with Gasteiger partial charge in [0.05, 0.1) is 0 Å². The second-order valence-electron chi connectivity index (χ2n) is 0. The van der Waals surface area contributed by atoms with Gasteiger partial charge in [0.25, 0.3) is 0 Å². The Labute approximate surface area is 319 Å². The Morgan fingerprint density at radius 3 is 0.143 bits per heavy atom. The van der Waals surface area contributed by atoms with Crippen LogP contribution in [0.1, 0.15) is 74.3 Å². The van der Waals surface area contributed by atoms with E-state index in [1.54, 1.807) is 201 Å². The predicted molar refractivity (Wildman–Crippen MR) is 245 cm³/mol. The average molecular weight is 1400 g/mol. The Kier molecular flexibility index (Phi) is 4120. The summed E-state index contributed by atoms with van der Waals surface area (Å²) in [4.78, 5) is 0. The largest absolute Gasteiger partial charge is 0.169 e. The molecule has 0 fully saturated rings. The van der Waals surface area contributed by atoms with E-state index in [-0.39, 0.29) is 74.3 Å². The van der Waals surface area contributed by atoms with E-state index in [0.717, 1.165) is 0 Å². The van der Waals surface area contributed by atoms with Crippen molar-refractivity contribution in [2.45, 2.75) is 74.3 Å². The predicted octanol–water partition coefficient (Wildman–Crippen LogP) is 10.9. The molecule has 170 valence electrons. The van der Waals surface area contributed by atoms with Crippen molar-refractivity contribution >= 4 is 253 Å². The van der Waals surface area contributed by atoms with Crippen LogP contribution in [0.25, 0.3) is 0 Å². The molecule has 0 rings (SSSR count). The van der Waals surface area contributed by atoms with Gasteiger partial charge in [-0.1, -0.05) is 74.3 Å². The van der Waals surface area contributed by atoms with Crippen LogP contribution in [0.15, 0.2) is 0 Å². The van der Waals surface area contributed by atoms with E-state index in [4.69, 9.17) is 0 Å². The van der Waals surface area contributed by atoms with Gasteiger partial charge < -0.3 is 0 Å². The van der Waals surface area contributed by atoms with Gasteiger partial charge in [-0.2, -0.15) is 201 Å². The maximum Gasteiger partial charge on any atom is 0.169 e. The molecule has 18 radical (unpaired) electrons. The van der Waals surface area contributed by atoms with Crippen LogP contribution in [0.4, 0.5) is 0 Å². The van der Waals surface area contributed by atoms with E-state index >= 15 is 0 Å². The van der Waals surface area contributed by atoms with Gasteiger partial charge in [-0.3, -0.25) is 0 Å². The third kappa shape index (κ3) is 670. The first kappa shape index (κ1) is 157. The standard InChI is InChI=1S/10CH4.9BI/c;;;;;;;;;;9*1-2/h10*1H4;;;;;;;;;. The zero-order chi connectivity index (χ0) is 18.0. The highest BCUT2D eigenvalue weighted by atomic mass is 127. The minimum atomic E-state index is 0. The van der Waals surface area contributed by atoms with Crippen molar-refractivity contribution in [2.24, 2.45) is 0 Å². The van der Waals surface area contributed by atoms with Gasteiger partial charge in [0, 0.05) is 0 Å². The van der Waals surface area contributed by atoms with Gasteiger partial charge in [0.2, 0.25) is 0 Å². The number of halogens is 9. The molecule has 0 amide bonds. The first-order chi connectivity index (χ1) is 9.00. The maximum absolute atomic E-state index is 4.47. The lowest BCUT2D eigenvalue weighted by Gasteiger charge is -1.01. The molecule has 0 saturated carbocycles. The molecule has 0 aliphatic carbocycles. The molecule has 0 bridgehead atoms. The molecule has 0 unspecified atom stereocenters. The topological polar surface area (TPSA) is 0 Å². The lowest BCUT2D eigenvalue weighted by Crippen LogP contribution is -0.931. The zero-order valence-electron chi connectivity index (χ0n) is 8.60. The first-order valence-corrected chi connectivity index (χ1v) is 13.2. The number of hydrogen-bond donors (Lipinski definition) is 0. The number of rotatable bonds is 0. The quantitative estimate of drug-likeness (QED) is 0.168. The fourth-order valence-corrected chi connectivity index (χ4v) is 0. The van der Waals surface area contributed by atoms with E-state index in [9.17, 15) is 0 Å². The Morgan fingerprint density at radius 1 is 0.143 bits per heavy atom. The van der Waals surface area contributed by atoms with Crippen LogP contribution in [-0.4, -0.2) is 51.3 Å². The number of hydrogen-bond acceptors (Lipinski definition) is 0. The highest BCUT2D eigenvalue weighted by Crippen LogP contribution is 1.45. The summed E-state index contributed by atoms with van der Waals surface area (Å²) in [5, 5.41) is 0. The van der Waals surface area contributed by atoms with E-state index < -0.39 is 0 Å². The summed E-state index contributed by atoms with van der Waals surface area (Å²) in [6.45, 7) is 0. The molecule has 18 heteroatoms. The van der Waals surface area contributed by atoms with E-state index in [0.29, 0.717) is 0 Å². The van der Waals surface area contributed by atoms with Crippen molar-refractivity contribution in [3.8, 4) is 0 Å². The molecule has 0 spiro atoms. The van der Waals surface area contributed by atoms with Crippen molar-refractivity contribution in [3.05, 3.63) is 0 Å². The lowest BCUT2D eigenvalue weighted by atomic mass is 10.8. The summed E-state index contributed by atoms with van der Waals surface area (Å²) >= 11 is 14.8. The Hall–Kier alpha value is 7.15. The molecule has 0 atom stereocenters. The first-order valence-electron chi connectivity index (χ1n) is 1.96. The van der Waals surface area contributed by atoms with Gasteiger partial charge in [-0.05, 0) is 0 Å². The third-order valence-electron chi connectivity index (χ3n) is 0. The van der Waals surface area contributed by atoms with Crippen LogP contribution in [0.3, 0.4) is 0 Å². The van der Waals surface area contributed by atoms with Crippen molar-refractivity contribution in [1.29, 1.82) is 0 Å². The second kappa shape index (κ2) is 733. The van der Waals surface area contributed by atoms with Gasteiger partial charge in [-0.25, -0.2) is 0 Å². The van der Waals surface area contributed by atoms with Gasteiger partial charge in [0.1, 0.15) is 0 Å². The Balaban J connectivity index is -0.00000000183. The maximum atomic E-state index is 4.47. The smallest absolute Gasteiger partial charge is 0.169 e. The van der Waals surface area contributed by atoms with Crippen LogP contribution in [-0.2, 0) is 0 Å². The molecule has 0 N–H and O–H groups in total. The zero-order valence-corrected chi connectivity index (χ0v) is 28.0. The fraction of sp³-hybridized carbons (Fsp3) is 1.00. The van der Waals surface area contributed by atoms with Crippen LogP contribution in [0, 0.1) is 0 Å². The molecule has 0 heterocycles. The average Bonchev–Trinajstić information content (AvgIpc) is 2.63. The molecule has 28 heavy (non-hydrogen) atoms. The summed E-state index contributed by atoms with van der Waals surface area (Å²) in [6, 6.07) is 0. The molecule has 0 aromatic rings. The van der Waals surface area contributed by atoms with Gasteiger partial charge in [-0.15, -0.1) is 0 Å². The third-order valence-corrected chi connectivity index (χ3v) is 0. The SMILES string of the molecule is C.C.C.C.C.C.C.C.C.C.[B]I.[B]I.[B]I.[B]I.[B]I.[B]I.[B]I.[B]I.[B]I. The Bertz CT molecular complexity index is 44.3. The van der Waals surface area contributed by atoms with Crippen molar-refractivity contribution < 1.29 is 0 Å². The minimum Gasteiger partial charge on any atom is -0.169 e. The van der Waals surface area contributed by atoms with E-state index in [1.807, 2.05) is 0 Å². The fourth-order valence-electron chi connectivity index (χ4n) is 0. The summed E-state index contributed by atoms with van der Waals surface area (Å²) in [5.41, 5.74) is 40.2. The molecular weight excluding hydrogens is 1360 g/mol. The highest BCUT2D eigenvalue weighted by Gasteiger charge is 1.03. The van der Waals surface area contributed by atoms with Crippen LogP contribution >= 0.6 is 201 Å². The van der Waals surface area contributed by atoms with Gasteiger partial charge in [0.15, 0.2) is 51.3 Å². The van der Waals surface area contributed by atoms with E-state index in [1.165, 1.54) is 0 Å². The van der Waals surface area contributed by atoms with E-state index in [2.05, 4.69) is 51.3 Å². The second-order valence-corrected chi connectivity index (χ2v) is 0. The minimum absolute atomic E-state index is 0. The Morgan fingerprint density at radius 2 is 0.143 bits per heavy atom. The molecule has 0 nitrogen and oxygen atoms in total. The lowest BCUT2D eigenvalue weighted by molar-refractivity contribution is 2.50. The molecule has 0 aliphatic rings. The molecule has 0 saturated heterocycles. The van der Waals surface area contributed by atoms with Gasteiger partial charge >= 0.3 is 0 Å². The van der Waals surface area contributed by atoms with Crippen LogP contribution in [0.5, 0.6) is 0 Å². The molecule has 0 aromatic heterocycles. The van der Waals surface area contributed by atoms with Crippen LogP contribution < -0.4 is 0 Å². The van der Waals surface area contributed by atoms with Crippen molar-refractivity contribution in [3.63, 3.8) is 0 Å². The highest BCUT2D eigenvalue weighted by molar-refractivity contribution is 14.1.